The third-order valence-corrected chi connectivity index (χ3v) is 5.61. The largest absolute Gasteiger partial charge is 0.496 e. The van der Waals surface area contributed by atoms with Gasteiger partial charge in [-0.2, -0.15) is 13.2 Å². The van der Waals surface area contributed by atoms with Crippen molar-refractivity contribution in [2.75, 3.05) is 7.11 Å². The van der Waals surface area contributed by atoms with Crippen LogP contribution in [0.3, 0.4) is 0 Å². The Morgan fingerprint density at radius 2 is 1.94 bits per heavy atom. The van der Waals surface area contributed by atoms with E-state index in [9.17, 15) is 27.5 Å². The first-order valence-corrected chi connectivity index (χ1v) is 9.94. The number of hydrogen-bond donors (Lipinski definition) is 2. The molecule has 0 aromatic heterocycles. The molecular formula is C22H21ClF4N2O3. The normalized spacial score (nSPS) is 16.1. The van der Waals surface area contributed by atoms with E-state index in [1.54, 1.807) is 0 Å². The van der Waals surface area contributed by atoms with Gasteiger partial charge >= 0.3 is 6.18 Å². The molecule has 0 fully saturated rings. The summed E-state index contributed by atoms with van der Waals surface area (Å²) in [5, 5.41) is 13.4. The molecule has 0 aliphatic carbocycles. The van der Waals surface area contributed by atoms with Crippen LogP contribution in [0, 0.1) is 5.82 Å². The predicted octanol–water partition coefficient (Wildman–Crippen LogP) is 5.09. The number of nitrogens with one attached hydrogen (secondary N) is 1. The van der Waals surface area contributed by atoms with Gasteiger partial charge in [0.2, 0.25) is 0 Å². The Bertz CT molecular complexity index is 1090. The van der Waals surface area contributed by atoms with E-state index in [4.69, 9.17) is 16.3 Å². The third-order valence-electron chi connectivity index (χ3n) is 5.37. The van der Waals surface area contributed by atoms with Gasteiger partial charge in [0.15, 0.2) is 5.60 Å². The second-order valence-electron chi connectivity index (χ2n) is 8.22. The number of amides is 1. The minimum atomic E-state index is -5.09. The Morgan fingerprint density at radius 1 is 1.25 bits per heavy atom. The van der Waals surface area contributed by atoms with Gasteiger partial charge in [-0.05, 0) is 42.2 Å². The molecule has 1 heterocycles. The first-order chi connectivity index (χ1) is 14.8. The standard InChI is InChI=1S/C22H21ClF4N2O3/c1-20(2,16-6-12(23)4-5-18(16)32-3)10-21(31,22(25,26)27)11-29-17-8-13(24)7-14-15(17)9-28-19(14)30/h4-8,11,31H,9-10H2,1-3H3,(H,28,30). The van der Waals surface area contributed by atoms with Crippen LogP contribution in [0.1, 0.15) is 41.8 Å². The SMILES string of the molecule is COc1ccc(Cl)cc1C(C)(C)CC(O)(C=Nc1cc(F)cc2c1CNC2=O)C(F)(F)F. The Morgan fingerprint density at radius 3 is 2.56 bits per heavy atom. The van der Waals surface area contributed by atoms with Crippen molar-refractivity contribution in [3.63, 3.8) is 0 Å². The lowest BCUT2D eigenvalue weighted by atomic mass is 9.75. The van der Waals surface area contributed by atoms with Crippen LogP contribution in [0.15, 0.2) is 35.3 Å². The van der Waals surface area contributed by atoms with Gasteiger partial charge < -0.3 is 15.2 Å². The van der Waals surface area contributed by atoms with Crippen molar-refractivity contribution in [3.8, 4) is 5.75 Å². The summed E-state index contributed by atoms with van der Waals surface area (Å²) >= 11 is 6.03. The maximum atomic E-state index is 14.0. The van der Waals surface area contributed by atoms with Gasteiger partial charge in [-0.1, -0.05) is 25.4 Å². The van der Waals surface area contributed by atoms with Crippen molar-refractivity contribution < 1.29 is 32.2 Å². The number of carbonyl (C=O) groups excluding carboxylic acids is 1. The highest BCUT2D eigenvalue weighted by Gasteiger charge is 2.55. The van der Waals surface area contributed by atoms with Crippen molar-refractivity contribution in [3.05, 3.63) is 57.9 Å². The van der Waals surface area contributed by atoms with E-state index in [1.165, 1.54) is 39.2 Å². The van der Waals surface area contributed by atoms with Crippen LogP contribution in [0.4, 0.5) is 23.2 Å². The molecule has 172 valence electrons. The van der Waals surface area contributed by atoms with E-state index >= 15 is 0 Å². The van der Waals surface area contributed by atoms with Crippen LogP contribution in [-0.2, 0) is 12.0 Å². The Balaban J connectivity index is 2.03. The lowest BCUT2D eigenvalue weighted by Gasteiger charge is -2.36. The van der Waals surface area contributed by atoms with E-state index in [0.717, 1.165) is 12.1 Å². The van der Waals surface area contributed by atoms with Crippen LogP contribution >= 0.6 is 11.6 Å². The third kappa shape index (κ3) is 4.59. The number of fused-ring (bicyclic) bond motifs is 1. The van der Waals surface area contributed by atoms with Crippen LogP contribution in [0.2, 0.25) is 5.02 Å². The van der Waals surface area contributed by atoms with E-state index in [1.807, 2.05) is 0 Å². The molecule has 3 rings (SSSR count). The van der Waals surface area contributed by atoms with E-state index in [0.29, 0.717) is 22.6 Å². The predicted molar refractivity (Wildman–Crippen MR) is 112 cm³/mol. The number of aliphatic hydroxyl groups is 1. The van der Waals surface area contributed by atoms with Crippen molar-refractivity contribution >= 4 is 29.4 Å². The lowest BCUT2D eigenvalue weighted by Crippen LogP contribution is -2.50. The van der Waals surface area contributed by atoms with Gasteiger partial charge in [0, 0.05) is 34.5 Å². The molecule has 0 spiro atoms. The molecule has 2 N–H and O–H groups in total. The molecule has 1 unspecified atom stereocenters. The van der Waals surface area contributed by atoms with Crippen molar-refractivity contribution in [2.24, 2.45) is 4.99 Å². The highest BCUT2D eigenvalue weighted by Crippen LogP contribution is 2.44. The molecule has 0 saturated carbocycles. The number of carbonyl (C=O) groups is 1. The molecule has 1 atom stereocenters. The summed E-state index contributed by atoms with van der Waals surface area (Å²) in [4.78, 5) is 15.5. The van der Waals surface area contributed by atoms with Crippen LogP contribution in [-0.4, -0.2) is 36.1 Å². The number of hydrogen-bond acceptors (Lipinski definition) is 4. The average Bonchev–Trinajstić information content (AvgIpc) is 3.05. The van der Waals surface area contributed by atoms with Gasteiger partial charge in [0.1, 0.15) is 11.6 Å². The van der Waals surface area contributed by atoms with Gasteiger partial charge in [-0.25, -0.2) is 4.39 Å². The van der Waals surface area contributed by atoms with E-state index in [-0.39, 0.29) is 23.4 Å². The number of halogens is 5. The zero-order chi connectivity index (χ0) is 23.9. The molecule has 1 amide bonds. The Labute approximate surface area is 187 Å². The number of benzene rings is 2. The van der Waals surface area contributed by atoms with Crippen LogP contribution < -0.4 is 10.1 Å². The monoisotopic (exact) mass is 472 g/mol. The zero-order valence-corrected chi connectivity index (χ0v) is 18.2. The molecule has 2 aromatic rings. The number of nitrogens with zero attached hydrogens (tertiary/aromatic N) is 1. The lowest BCUT2D eigenvalue weighted by molar-refractivity contribution is -0.234. The number of aliphatic imine (C=N–C) groups is 1. The first-order valence-electron chi connectivity index (χ1n) is 9.56. The van der Waals surface area contributed by atoms with Gasteiger partial charge in [0.25, 0.3) is 5.91 Å². The minimum Gasteiger partial charge on any atom is -0.496 e. The highest BCUT2D eigenvalue weighted by molar-refractivity contribution is 6.30. The summed E-state index contributed by atoms with van der Waals surface area (Å²) in [5.41, 5.74) is -4.17. The molecule has 0 radical (unpaired) electrons. The average molecular weight is 473 g/mol. The Kier molecular flexibility index (Phi) is 6.27. The smallest absolute Gasteiger partial charge is 0.422 e. The maximum absolute atomic E-state index is 14.0. The molecule has 0 saturated heterocycles. The molecule has 1 aliphatic rings. The number of methoxy groups -OCH3 is 1. The summed E-state index contributed by atoms with van der Waals surface area (Å²) in [6, 6.07) is 6.45. The zero-order valence-electron chi connectivity index (χ0n) is 17.5. The summed E-state index contributed by atoms with van der Waals surface area (Å²) in [7, 11) is 1.38. The number of rotatable bonds is 6. The van der Waals surface area contributed by atoms with Crippen LogP contribution in [0.25, 0.3) is 0 Å². The molecule has 0 bridgehead atoms. The molecular weight excluding hydrogens is 452 g/mol. The minimum absolute atomic E-state index is 0.00306. The van der Waals surface area contributed by atoms with Crippen LogP contribution in [0.5, 0.6) is 5.75 Å². The number of ether oxygens (including phenoxy) is 1. The van der Waals surface area contributed by atoms with Crippen molar-refractivity contribution in [1.82, 2.24) is 5.32 Å². The quantitative estimate of drug-likeness (QED) is 0.454. The first kappa shape index (κ1) is 24.0. The number of alkyl halides is 3. The summed E-state index contributed by atoms with van der Waals surface area (Å²) in [5.74, 6) is -1.06. The summed E-state index contributed by atoms with van der Waals surface area (Å²) in [6.07, 6.45) is -5.56. The maximum Gasteiger partial charge on any atom is 0.422 e. The molecule has 5 nitrogen and oxygen atoms in total. The second-order valence-corrected chi connectivity index (χ2v) is 8.66. The van der Waals surface area contributed by atoms with Crippen molar-refractivity contribution in [2.45, 2.75) is 44.0 Å². The fraction of sp³-hybridized carbons (Fsp3) is 0.364. The summed E-state index contributed by atoms with van der Waals surface area (Å²) < 4.78 is 61.1. The molecule has 32 heavy (non-hydrogen) atoms. The molecule has 1 aliphatic heterocycles. The van der Waals surface area contributed by atoms with Crippen molar-refractivity contribution in [1.29, 1.82) is 0 Å². The topological polar surface area (TPSA) is 70.9 Å². The fourth-order valence-electron chi connectivity index (χ4n) is 3.76. The van der Waals surface area contributed by atoms with E-state index < -0.39 is 35.3 Å². The second kappa shape index (κ2) is 8.37. The molecule has 2 aromatic carbocycles. The summed E-state index contributed by atoms with van der Waals surface area (Å²) in [6.45, 7) is 3.01. The van der Waals surface area contributed by atoms with Gasteiger partial charge in [-0.15, -0.1) is 0 Å². The van der Waals surface area contributed by atoms with E-state index in [2.05, 4.69) is 10.3 Å². The molecule has 10 heteroatoms. The Hall–Kier alpha value is -2.65. The van der Waals surface area contributed by atoms with Gasteiger partial charge in [0.05, 0.1) is 12.8 Å². The fourth-order valence-corrected chi connectivity index (χ4v) is 3.94. The van der Waals surface area contributed by atoms with Gasteiger partial charge in [-0.3, -0.25) is 9.79 Å². The highest BCUT2D eigenvalue weighted by atomic mass is 35.5.